The van der Waals surface area contributed by atoms with Crippen LogP contribution >= 0.6 is 15.9 Å². The normalized spacial score (nSPS) is 12.4. The van der Waals surface area contributed by atoms with E-state index in [1.54, 1.807) is 19.1 Å². The van der Waals surface area contributed by atoms with Gasteiger partial charge in [0.25, 0.3) is 0 Å². The lowest BCUT2D eigenvalue weighted by atomic mass is 10.1. The maximum Gasteiger partial charge on any atom is 0.128 e. The third-order valence-corrected chi connectivity index (χ3v) is 3.53. The van der Waals surface area contributed by atoms with Crippen LogP contribution in [0.2, 0.25) is 0 Å². The van der Waals surface area contributed by atoms with E-state index in [1.165, 1.54) is 6.07 Å². The van der Waals surface area contributed by atoms with Crippen LogP contribution in [0.5, 0.6) is 0 Å². The van der Waals surface area contributed by atoms with E-state index in [1.807, 2.05) is 0 Å². The number of halogens is 4. The van der Waals surface area contributed by atoms with E-state index >= 15 is 0 Å². The Balaban J connectivity index is 2.08. The Morgan fingerprint density at radius 2 is 1.80 bits per heavy atom. The Hall–Kier alpha value is -1.33. The molecule has 0 amide bonds. The second-order valence-corrected chi connectivity index (χ2v) is 5.42. The topological polar surface area (TPSA) is 12.0 Å². The summed E-state index contributed by atoms with van der Waals surface area (Å²) >= 11 is 3.18. The average molecular weight is 344 g/mol. The van der Waals surface area contributed by atoms with Gasteiger partial charge in [-0.3, -0.25) is 0 Å². The van der Waals surface area contributed by atoms with Crippen LogP contribution in [0, 0.1) is 17.5 Å². The summed E-state index contributed by atoms with van der Waals surface area (Å²) in [7, 11) is 0. The molecule has 1 atom stereocenters. The Labute approximate surface area is 123 Å². The molecule has 2 rings (SSSR count). The van der Waals surface area contributed by atoms with Gasteiger partial charge in [-0.25, -0.2) is 13.2 Å². The van der Waals surface area contributed by atoms with Gasteiger partial charge in [0, 0.05) is 28.2 Å². The molecule has 1 nitrogen and oxygen atoms in total. The van der Waals surface area contributed by atoms with Crippen LogP contribution in [0.15, 0.2) is 40.9 Å². The van der Waals surface area contributed by atoms with E-state index in [0.29, 0.717) is 10.0 Å². The van der Waals surface area contributed by atoms with Crippen molar-refractivity contribution in [3.8, 4) is 0 Å². The molecule has 1 unspecified atom stereocenters. The Morgan fingerprint density at radius 1 is 1.05 bits per heavy atom. The van der Waals surface area contributed by atoms with Gasteiger partial charge in [0.05, 0.1) is 0 Å². The monoisotopic (exact) mass is 343 g/mol. The third kappa shape index (κ3) is 3.61. The summed E-state index contributed by atoms with van der Waals surface area (Å²) in [6.45, 7) is 1.94. The minimum absolute atomic E-state index is 0.225. The quantitative estimate of drug-likeness (QED) is 0.847. The van der Waals surface area contributed by atoms with Crippen molar-refractivity contribution in [2.24, 2.45) is 0 Å². The van der Waals surface area contributed by atoms with E-state index in [2.05, 4.69) is 21.2 Å². The highest BCUT2D eigenvalue weighted by atomic mass is 79.9. The minimum atomic E-state index is -0.495. The van der Waals surface area contributed by atoms with Crippen LogP contribution in [0.3, 0.4) is 0 Å². The van der Waals surface area contributed by atoms with Gasteiger partial charge < -0.3 is 5.32 Å². The molecule has 0 saturated heterocycles. The zero-order chi connectivity index (χ0) is 14.7. The number of nitrogens with one attached hydrogen (secondary N) is 1. The molecule has 0 aliphatic carbocycles. The highest BCUT2D eigenvalue weighted by molar-refractivity contribution is 9.10. The van der Waals surface area contributed by atoms with Gasteiger partial charge in [-0.05, 0) is 37.3 Å². The second-order valence-electron chi connectivity index (χ2n) is 4.50. The van der Waals surface area contributed by atoms with Crippen molar-refractivity contribution in [1.82, 2.24) is 5.32 Å². The zero-order valence-electron chi connectivity index (χ0n) is 10.8. The summed E-state index contributed by atoms with van der Waals surface area (Å²) in [5.74, 6) is -1.33. The maximum absolute atomic E-state index is 13.6. The SMILES string of the molecule is CC(NCc1ccc(Br)cc1F)c1cc(F)ccc1F. The molecule has 20 heavy (non-hydrogen) atoms. The first-order valence-corrected chi connectivity index (χ1v) is 6.89. The van der Waals surface area contributed by atoms with Crippen LogP contribution in [0.25, 0.3) is 0 Å². The third-order valence-electron chi connectivity index (χ3n) is 3.04. The molecule has 0 spiro atoms. The number of benzene rings is 2. The fourth-order valence-electron chi connectivity index (χ4n) is 1.88. The highest BCUT2D eigenvalue weighted by Crippen LogP contribution is 2.20. The van der Waals surface area contributed by atoms with Gasteiger partial charge in [-0.1, -0.05) is 22.0 Å². The Kier molecular flexibility index (Phi) is 4.83. The molecular weight excluding hydrogens is 331 g/mol. The Bertz CT molecular complexity index is 616. The molecule has 106 valence electrons. The maximum atomic E-state index is 13.6. The summed E-state index contributed by atoms with van der Waals surface area (Å²) in [5.41, 5.74) is 0.694. The van der Waals surface area contributed by atoms with E-state index in [4.69, 9.17) is 0 Å². The number of hydrogen-bond donors (Lipinski definition) is 1. The molecule has 0 aromatic heterocycles. The summed E-state index contributed by atoms with van der Waals surface area (Å²) in [6.07, 6.45) is 0. The summed E-state index contributed by atoms with van der Waals surface area (Å²) in [4.78, 5) is 0. The summed E-state index contributed by atoms with van der Waals surface area (Å²) in [5, 5.41) is 2.98. The summed E-state index contributed by atoms with van der Waals surface area (Å²) < 4.78 is 41.0. The smallest absolute Gasteiger partial charge is 0.128 e. The summed E-state index contributed by atoms with van der Waals surface area (Å²) in [6, 6.07) is 7.61. The lowest BCUT2D eigenvalue weighted by Crippen LogP contribution is -2.20. The highest BCUT2D eigenvalue weighted by Gasteiger charge is 2.12. The van der Waals surface area contributed by atoms with Gasteiger partial charge in [0.2, 0.25) is 0 Å². The first-order chi connectivity index (χ1) is 9.47. The van der Waals surface area contributed by atoms with Gasteiger partial charge in [0.1, 0.15) is 17.5 Å². The van der Waals surface area contributed by atoms with Crippen LogP contribution in [-0.2, 0) is 6.54 Å². The first kappa shape index (κ1) is 15.1. The minimum Gasteiger partial charge on any atom is -0.306 e. The zero-order valence-corrected chi connectivity index (χ0v) is 12.3. The van der Waals surface area contributed by atoms with Gasteiger partial charge in [-0.2, -0.15) is 0 Å². The van der Waals surface area contributed by atoms with Crippen molar-refractivity contribution in [2.45, 2.75) is 19.5 Å². The van der Waals surface area contributed by atoms with E-state index in [-0.39, 0.29) is 17.9 Å². The standard InChI is InChI=1S/C15H13BrF3N/c1-9(13-7-12(17)4-5-14(13)18)20-8-10-2-3-11(16)6-15(10)19/h2-7,9,20H,8H2,1H3. The molecule has 1 N–H and O–H groups in total. The first-order valence-electron chi connectivity index (χ1n) is 6.09. The lowest BCUT2D eigenvalue weighted by Gasteiger charge is -2.15. The molecular formula is C15H13BrF3N. The van der Waals surface area contributed by atoms with Crippen LogP contribution in [-0.4, -0.2) is 0 Å². The largest absolute Gasteiger partial charge is 0.306 e. The molecule has 0 heterocycles. The molecule has 0 bridgehead atoms. The molecule has 0 fully saturated rings. The molecule has 2 aromatic carbocycles. The average Bonchev–Trinajstić information content (AvgIpc) is 2.40. The van der Waals surface area contributed by atoms with Crippen molar-refractivity contribution >= 4 is 15.9 Å². The van der Waals surface area contributed by atoms with Crippen LogP contribution in [0.1, 0.15) is 24.1 Å². The Morgan fingerprint density at radius 3 is 2.50 bits per heavy atom. The van der Waals surface area contributed by atoms with E-state index in [9.17, 15) is 13.2 Å². The van der Waals surface area contributed by atoms with Crippen molar-refractivity contribution < 1.29 is 13.2 Å². The lowest BCUT2D eigenvalue weighted by molar-refractivity contribution is 0.508. The predicted molar refractivity (Wildman–Crippen MR) is 75.7 cm³/mol. The fourth-order valence-corrected chi connectivity index (χ4v) is 2.22. The molecule has 5 heteroatoms. The van der Waals surface area contributed by atoms with Crippen LogP contribution < -0.4 is 5.32 Å². The van der Waals surface area contributed by atoms with E-state index in [0.717, 1.165) is 18.2 Å². The molecule has 2 aromatic rings. The van der Waals surface area contributed by atoms with Crippen molar-refractivity contribution in [2.75, 3.05) is 0 Å². The van der Waals surface area contributed by atoms with Gasteiger partial charge in [-0.15, -0.1) is 0 Å². The number of hydrogen-bond acceptors (Lipinski definition) is 1. The molecule has 0 aliphatic heterocycles. The number of rotatable bonds is 4. The van der Waals surface area contributed by atoms with Crippen LogP contribution in [0.4, 0.5) is 13.2 Å². The van der Waals surface area contributed by atoms with E-state index < -0.39 is 17.7 Å². The predicted octanol–water partition coefficient (Wildman–Crippen LogP) is 4.72. The fraction of sp³-hybridized carbons (Fsp3) is 0.200. The van der Waals surface area contributed by atoms with Crippen molar-refractivity contribution in [1.29, 1.82) is 0 Å². The van der Waals surface area contributed by atoms with Gasteiger partial charge in [0.15, 0.2) is 0 Å². The van der Waals surface area contributed by atoms with Gasteiger partial charge >= 0.3 is 0 Å². The molecule has 0 radical (unpaired) electrons. The molecule has 0 saturated carbocycles. The second kappa shape index (κ2) is 6.41. The van der Waals surface area contributed by atoms with Crippen molar-refractivity contribution in [3.05, 3.63) is 69.4 Å². The van der Waals surface area contributed by atoms with Crippen molar-refractivity contribution in [3.63, 3.8) is 0 Å². The molecule has 0 aliphatic rings.